The molecule has 0 aromatic heterocycles. The van der Waals surface area contributed by atoms with Crippen LogP contribution in [0.15, 0.2) is 65.7 Å². The van der Waals surface area contributed by atoms with E-state index in [4.69, 9.17) is 11.6 Å². The Balaban J connectivity index is 2.28. The summed E-state index contributed by atoms with van der Waals surface area (Å²) >= 11 is 5.76. The number of rotatable bonds is 2. The maximum absolute atomic E-state index is 13.5. The molecule has 0 unspecified atom stereocenters. The van der Waals surface area contributed by atoms with Crippen LogP contribution in [-0.2, 0) is 0 Å². The fraction of sp³-hybridized carbons (Fsp3) is 0.167. The highest BCUT2D eigenvalue weighted by molar-refractivity contribution is 6.34. The molecule has 0 saturated heterocycles. The molecule has 0 spiro atoms. The third-order valence-corrected chi connectivity index (χ3v) is 4.22. The molecule has 2 aromatic carbocycles. The summed E-state index contributed by atoms with van der Waals surface area (Å²) in [5.74, 6) is 0. The largest absolute Gasteiger partial charge is 0.426 e. The van der Waals surface area contributed by atoms with E-state index in [0.717, 1.165) is 0 Å². The third-order valence-electron chi connectivity index (χ3n) is 3.96. The van der Waals surface area contributed by atoms with Gasteiger partial charge < -0.3 is 0 Å². The minimum Gasteiger partial charge on any atom is -0.255 e. The summed E-state index contributed by atoms with van der Waals surface area (Å²) in [7, 11) is 0. The summed E-state index contributed by atoms with van der Waals surface area (Å²) in [5.41, 5.74) is -4.60. The zero-order chi connectivity index (χ0) is 19.2. The lowest BCUT2D eigenvalue weighted by molar-refractivity contribution is -0.277. The monoisotopic (exact) mass is 389 g/mol. The summed E-state index contributed by atoms with van der Waals surface area (Å²) in [6.07, 6.45) is -11.1. The molecule has 1 heterocycles. The lowest BCUT2D eigenvalue weighted by Crippen LogP contribution is -2.53. The predicted octanol–water partition coefficient (Wildman–Crippen LogP) is 6.09. The van der Waals surface area contributed by atoms with Crippen LogP contribution in [-0.4, -0.2) is 23.6 Å². The highest BCUT2D eigenvalue weighted by Gasteiger charge is 2.72. The third kappa shape index (κ3) is 3.00. The molecule has 0 bridgehead atoms. The molecule has 0 saturated carbocycles. The molecule has 26 heavy (non-hydrogen) atoms. The van der Waals surface area contributed by atoms with E-state index in [9.17, 15) is 26.3 Å². The van der Waals surface area contributed by atoms with Gasteiger partial charge in [0.25, 0.3) is 5.54 Å². The van der Waals surface area contributed by atoms with Crippen LogP contribution in [0.2, 0.25) is 5.02 Å². The van der Waals surface area contributed by atoms with Gasteiger partial charge in [0.15, 0.2) is 0 Å². The van der Waals surface area contributed by atoms with Crippen molar-refractivity contribution in [3.05, 3.63) is 76.8 Å². The van der Waals surface area contributed by atoms with Crippen molar-refractivity contribution in [1.29, 1.82) is 0 Å². The molecule has 3 rings (SSSR count). The average Bonchev–Trinajstić information content (AvgIpc) is 2.98. The number of alkyl halides is 6. The van der Waals surface area contributed by atoms with Crippen LogP contribution >= 0.6 is 11.6 Å². The first-order chi connectivity index (χ1) is 12.1. The van der Waals surface area contributed by atoms with Crippen LogP contribution in [0.1, 0.15) is 11.1 Å². The predicted molar refractivity (Wildman–Crippen MR) is 87.2 cm³/mol. The van der Waals surface area contributed by atoms with Crippen molar-refractivity contribution >= 4 is 22.9 Å². The van der Waals surface area contributed by atoms with E-state index in [2.05, 4.69) is 4.99 Å². The van der Waals surface area contributed by atoms with Crippen molar-refractivity contribution in [2.24, 2.45) is 4.99 Å². The highest BCUT2D eigenvalue weighted by atomic mass is 35.5. The number of hydrogen-bond donors (Lipinski definition) is 0. The Bertz CT molecular complexity index is 849. The van der Waals surface area contributed by atoms with Gasteiger partial charge in [-0.3, -0.25) is 4.99 Å². The first-order valence-corrected chi connectivity index (χ1v) is 7.71. The Hall–Kier alpha value is -2.28. The summed E-state index contributed by atoms with van der Waals surface area (Å²) in [6, 6.07) is 12.9. The van der Waals surface area contributed by atoms with Crippen LogP contribution in [0.25, 0.3) is 5.57 Å². The Kier molecular flexibility index (Phi) is 4.38. The molecule has 1 aliphatic rings. The molecule has 1 aliphatic heterocycles. The van der Waals surface area contributed by atoms with Gasteiger partial charge in [0.1, 0.15) is 0 Å². The van der Waals surface area contributed by atoms with Gasteiger partial charge in [-0.05, 0) is 23.8 Å². The second kappa shape index (κ2) is 6.16. The Morgan fingerprint density at radius 1 is 0.731 bits per heavy atom. The first kappa shape index (κ1) is 18.5. The molecule has 0 aliphatic carbocycles. The van der Waals surface area contributed by atoms with Gasteiger partial charge in [-0.25, -0.2) is 0 Å². The van der Waals surface area contributed by atoms with Crippen molar-refractivity contribution < 1.29 is 26.3 Å². The van der Waals surface area contributed by atoms with Crippen LogP contribution < -0.4 is 0 Å². The van der Waals surface area contributed by atoms with Crippen LogP contribution in [0.3, 0.4) is 0 Å². The molecule has 0 atom stereocenters. The van der Waals surface area contributed by atoms with E-state index in [1.807, 2.05) is 0 Å². The zero-order valence-electron chi connectivity index (χ0n) is 12.9. The molecular weight excluding hydrogens is 380 g/mol. The van der Waals surface area contributed by atoms with Gasteiger partial charge >= 0.3 is 12.4 Å². The summed E-state index contributed by atoms with van der Waals surface area (Å²) in [4.78, 5) is 3.15. The van der Waals surface area contributed by atoms with Gasteiger partial charge in [0.05, 0.1) is 5.71 Å². The van der Waals surface area contributed by atoms with Crippen molar-refractivity contribution in [2.45, 2.75) is 17.9 Å². The standard InChI is InChI=1S/C18H10ClF6N/c19-13-8-6-12(7-9-13)15-14(11-4-2-1-3-5-11)10-16(26-15,17(20,21)22)18(23,24)25/h1-10H. The van der Waals surface area contributed by atoms with E-state index in [1.165, 1.54) is 48.5 Å². The number of benzene rings is 2. The van der Waals surface area contributed by atoms with E-state index >= 15 is 0 Å². The Morgan fingerprint density at radius 2 is 1.27 bits per heavy atom. The van der Waals surface area contributed by atoms with Gasteiger partial charge in [-0.2, -0.15) is 26.3 Å². The molecule has 8 heteroatoms. The number of allylic oxidation sites excluding steroid dienone is 1. The van der Waals surface area contributed by atoms with Crippen LogP contribution in [0, 0.1) is 0 Å². The normalized spacial score (nSPS) is 17.0. The number of hydrogen-bond acceptors (Lipinski definition) is 1. The molecule has 0 radical (unpaired) electrons. The summed E-state index contributed by atoms with van der Waals surface area (Å²) in [6.45, 7) is 0. The lowest BCUT2D eigenvalue weighted by atomic mass is 9.93. The minimum absolute atomic E-state index is 0.111. The molecule has 136 valence electrons. The van der Waals surface area contributed by atoms with E-state index in [-0.39, 0.29) is 28.5 Å². The van der Waals surface area contributed by atoms with Crippen LogP contribution in [0.5, 0.6) is 0 Å². The summed E-state index contributed by atoms with van der Waals surface area (Å²) < 4.78 is 80.8. The maximum atomic E-state index is 13.5. The fourth-order valence-corrected chi connectivity index (χ4v) is 2.79. The average molecular weight is 390 g/mol. The van der Waals surface area contributed by atoms with Crippen LogP contribution in [0.4, 0.5) is 26.3 Å². The Morgan fingerprint density at radius 3 is 1.77 bits per heavy atom. The molecule has 0 fully saturated rings. The molecule has 1 nitrogen and oxygen atoms in total. The second-order valence-electron chi connectivity index (χ2n) is 5.65. The topological polar surface area (TPSA) is 12.4 Å². The van der Waals surface area contributed by atoms with Crippen molar-refractivity contribution in [2.75, 3.05) is 0 Å². The van der Waals surface area contributed by atoms with E-state index < -0.39 is 17.9 Å². The van der Waals surface area contributed by atoms with Crippen molar-refractivity contribution in [1.82, 2.24) is 0 Å². The van der Waals surface area contributed by atoms with Crippen molar-refractivity contribution in [3.8, 4) is 0 Å². The fourth-order valence-electron chi connectivity index (χ4n) is 2.66. The van der Waals surface area contributed by atoms with Gasteiger partial charge in [0.2, 0.25) is 0 Å². The molecular formula is C18H10ClF6N. The SMILES string of the molecule is FC(F)(F)C1(C(F)(F)F)C=C(c2ccccc2)C(c2ccc(Cl)cc2)=N1. The maximum Gasteiger partial charge on any atom is 0.426 e. The molecule has 2 aromatic rings. The van der Waals surface area contributed by atoms with E-state index in [0.29, 0.717) is 5.02 Å². The quantitative estimate of drug-likeness (QED) is 0.551. The van der Waals surface area contributed by atoms with Gasteiger partial charge in [0, 0.05) is 16.2 Å². The minimum atomic E-state index is -5.64. The molecule has 0 N–H and O–H groups in total. The highest BCUT2D eigenvalue weighted by Crippen LogP contribution is 2.51. The second-order valence-corrected chi connectivity index (χ2v) is 6.09. The smallest absolute Gasteiger partial charge is 0.255 e. The van der Waals surface area contributed by atoms with Gasteiger partial charge in [-0.15, -0.1) is 0 Å². The zero-order valence-corrected chi connectivity index (χ0v) is 13.6. The molecule has 0 amide bonds. The van der Waals surface area contributed by atoms with Crippen molar-refractivity contribution in [3.63, 3.8) is 0 Å². The number of halogens is 7. The Labute approximate surface area is 149 Å². The van der Waals surface area contributed by atoms with E-state index in [1.54, 1.807) is 6.07 Å². The summed E-state index contributed by atoms with van der Waals surface area (Å²) in [5, 5.41) is 0.301. The first-order valence-electron chi connectivity index (χ1n) is 7.33. The lowest BCUT2D eigenvalue weighted by Gasteiger charge is -2.29. The van der Waals surface area contributed by atoms with Gasteiger partial charge in [-0.1, -0.05) is 54.1 Å². The number of nitrogens with zero attached hydrogens (tertiary/aromatic N) is 1. The number of aliphatic imine (C=N–C) groups is 1.